The van der Waals surface area contributed by atoms with E-state index in [1.165, 1.54) is 32.1 Å². The Morgan fingerprint density at radius 2 is 2.05 bits per heavy atom. The van der Waals surface area contributed by atoms with Crippen LogP contribution in [0, 0.1) is 5.92 Å². The molecule has 5 heteroatoms. The molecule has 1 amide bonds. The molecule has 0 aromatic carbocycles. The highest BCUT2D eigenvalue weighted by Gasteiger charge is 2.20. The van der Waals surface area contributed by atoms with Gasteiger partial charge in [-0.3, -0.25) is 4.79 Å². The number of nitrogens with one attached hydrogen (secondary N) is 1. The van der Waals surface area contributed by atoms with Crippen molar-refractivity contribution in [1.29, 1.82) is 0 Å². The fraction of sp³-hybridized carbons (Fsp3) is 0.933. The smallest absolute Gasteiger partial charge is 0.236 e. The van der Waals surface area contributed by atoms with E-state index in [1.807, 2.05) is 7.05 Å². The number of hydrogen-bond acceptors (Lipinski definition) is 4. The predicted molar refractivity (Wildman–Crippen MR) is 81.6 cm³/mol. The van der Waals surface area contributed by atoms with Crippen LogP contribution in [0.15, 0.2) is 0 Å². The molecule has 1 atom stereocenters. The highest BCUT2D eigenvalue weighted by Crippen LogP contribution is 2.26. The van der Waals surface area contributed by atoms with Crippen LogP contribution in [0.25, 0.3) is 0 Å². The molecule has 0 aliphatic heterocycles. The zero-order chi connectivity index (χ0) is 14.8. The number of rotatable bonds is 9. The second-order valence-electron chi connectivity index (χ2n) is 5.93. The van der Waals surface area contributed by atoms with Gasteiger partial charge in [0.05, 0.1) is 12.6 Å². The maximum Gasteiger partial charge on any atom is 0.236 e. The van der Waals surface area contributed by atoms with Crippen molar-refractivity contribution in [3.63, 3.8) is 0 Å². The van der Waals surface area contributed by atoms with Gasteiger partial charge in [0.1, 0.15) is 0 Å². The lowest BCUT2D eigenvalue weighted by molar-refractivity contribution is -0.122. The van der Waals surface area contributed by atoms with Crippen LogP contribution in [0.1, 0.15) is 38.5 Å². The van der Waals surface area contributed by atoms with Crippen molar-refractivity contribution in [3.8, 4) is 0 Å². The number of carbonyl (C=O) groups is 1. The van der Waals surface area contributed by atoms with Crippen molar-refractivity contribution >= 4 is 5.91 Å². The summed E-state index contributed by atoms with van der Waals surface area (Å²) in [6.07, 6.45) is 7.24. The molecule has 0 saturated heterocycles. The SMILES string of the molecule is COCCN(C)CCNC(=O)C(N)CC1CCCCC1. The first-order valence-corrected chi connectivity index (χ1v) is 7.84. The van der Waals surface area contributed by atoms with Crippen molar-refractivity contribution in [1.82, 2.24) is 10.2 Å². The van der Waals surface area contributed by atoms with E-state index in [0.717, 1.165) is 19.5 Å². The highest BCUT2D eigenvalue weighted by atomic mass is 16.5. The van der Waals surface area contributed by atoms with Gasteiger partial charge in [-0.15, -0.1) is 0 Å². The summed E-state index contributed by atoms with van der Waals surface area (Å²) in [7, 11) is 3.72. The number of carbonyl (C=O) groups excluding carboxylic acids is 1. The molecule has 1 fully saturated rings. The zero-order valence-electron chi connectivity index (χ0n) is 13.1. The third-order valence-electron chi connectivity index (χ3n) is 4.12. The topological polar surface area (TPSA) is 67.6 Å². The van der Waals surface area contributed by atoms with Crippen LogP contribution in [0.2, 0.25) is 0 Å². The van der Waals surface area contributed by atoms with Gasteiger partial charge in [-0.25, -0.2) is 0 Å². The second-order valence-corrected chi connectivity index (χ2v) is 5.93. The summed E-state index contributed by atoms with van der Waals surface area (Å²) in [5, 5.41) is 2.93. The molecule has 0 aromatic heterocycles. The molecule has 1 aliphatic rings. The minimum atomic E-state index is -0.345. The Morgan fingerprint density at radius 1 is 1.35 bits per heavy atom. The lowest BCUT2D eigenvalue weighted by Gasteiger charge is -2.24. The fourth-order valence-electron chi connectivity index (χ4n) is 2.75. The Bertz CT molecular complexity index is 268. The lowest BCUT2D eigenvalue weighted by Crippen LogP contribution is -2.44. The standard InChI is InChI=1S/C15H31N3O2/c1-18(10-11-20-2)9-8-17-15(19)14(16)12-13-6-4-3-5-7-13/h13-14H,3-12,16H2,1-2H3,(H,17,19). The Balaban J connectivity index is 2.11. The van der Waals surface area contributed by atoms with Gasteiger partial charge in [0, 0.05) is 26.7 Å². The Morgan fingerprint density at radius 3 is 2.70 bits per heavy atom. The number of nitrogens with two attached hydrogens (primary N) is 1. The predicted octanol–water partition coefficient (Wildman–Crippen LogP) is 0.979. The molecule has 0 aromatic rings. The van der Waals surface area contributed by atoms with E-state index in [0.29, 0.717) is 19.1 Å². The van der Waals surface area contributed by atoms with Crippen molar-refractivity contribution < 1.29 is 9.53 Å². The number of ether oxygens (including phenoxy) is 1. The van der Waals surface area contributed by atoms with E-state index >= 15 is 0 Å². The largest absolute Gasteiger partial charge is 0.383 e. The zero-order valence-corrected chi connectivity index (χ0v) is 13.1. The summed E-state index contributed by atoms with van der Waals surface area (Å²) in [6, 6.07) is -0.345. The Labute approximate surface area is 123 Å². The fourth-order valence-corrected chi connectivity index (χ4v) is 2.75. The van der Waals surface area contributed by atoms with Gasteiger partial charge < -0.3 is 20.7 Å². The van der Waals surface area contributed by atoms with Gasteiger partial charge in [0.15, 0.2) is 0 Å². The van der Waals surface area contributed by atoms with Gasteiger partial charge in [0.25, 0.3) is 0 Å². The van der Waals surface area contributed by atoms with Crippen molar-refractivity contribution in [3.05, 3.63) is 0 Å². The van der Waals surface area contributed by atoms with E-state index in [9.17, 15) is 4.79 Å². The lowest BCUT2D eigenvalue weighted by atomic mass is 9.85. The Kier molecular flexibility index (Phi) is 8.82. The van der Waals surface area contributed by atoms with Crippen LogP contribution in [0.4, 0.5) is 0 Å². The van der Waals surface area contributed by atoms with Crippen LogP contribution in [-0.2, 0) is 9.53 Å². The molecule has 1 saturated carbocycles. The van der Waals surface area contributed by atoms with E-state index in [1.54, 1.807) is 7.11 Å². The summed E-state index contributed by atoms with van der Waals surface area (Å²) >= 11 is 0. The molecule has 118 valence electrons. The van der Waals surface area contributed by atoms with Crippen molar-refractivity contribution in [2.45, 2.75) is 44.6 Å². The molecule has 5 nitrogen and oxygen atoms in total. The molecular formula is C15H31N3O2. The van der Waals surface area contributed by atoms with E-state index in [-0.39, 0.29) is 11.9 Å². The summed E-state index contributed by atoms with van der Waals surface area (Å²) in [4.78, 5) is 14.1. The average Bonchev–Trinajstić information content (AvgIpc) is 2.46. The molecule has 1 rings (SSSR count). The third kappa shape index (κ3) is 7.22. The van der Waals surface area contributed by atoms with Gasteiger partial charge in [-0.2, -0.15) is 0 Å². The molecule has 20 heavy (non-hydrogen) atoms. The molecule has 1 aliphatic carbocycles. The molecule has 0 radical (unpaired) electrons. The van der Waals surface area contributed by atoms with E-state index < -0.39 is 0 Å². The minimum absolute atomic E-state index is 0.00397. The van der Waals surface area contributed by atoms with Crippen LogP contribution in [-0.4, -0.2) is 57.2 Å². The maximum atomic E-state index is 11.9. The summed E-state index contributed by atoms with van der Waals surface area (Å²) < 4.78 is 5.01. The highest BCUT2D eigenvalue weighted by molar-refractivity contribution is 5.81. The van der Waals surface area contributed by atoms with Crippen LogP contribution in [0.5, 0.6) is 0 Å². The molecule has 0 bridgehead atoms. The normalized spacial score (nSPS) is 18.2. The van der Waals surface area contributed by atoms with Crippen LogP contribution >= 0.6 is 0 Å². The molecule has 1 unspecified atom stereocenters. The van der Waals surface area contributed by atoms with Gasteiger partial charge in [-0.05, 0) is 19.4 Å². The van der Waals surface area contributed by atoms with Gasteiger partial charge in [-0.1, -0.05) is 32.1 Å². The number of likely N-dealkylation sites (N-methyl/N-ethyl adjacent to an activating group) is 1. The third-order valence-corrected chi connectivity index (χ3v) is 4.12. The number of nitrogens with zero attached hydrogens (tertiary/aromatic N) is 1. The number of hydrogen-bond donors (Lipinski definition) is 2. The maximum absolute atomic E-state index is 11.9. The summed E-state index contributed by atoms with van der Waals surface area (Å²) in [5.74, 6) is 0.643. The first kappa shape index (κ1) is 17.4. The second kappa shape index (κ2) is 10.1. The molecule has 0 spiro atoms. The number of amides is 1. The van der Waals surface area contributed by atoms with Crippen molar-refractivity contribution in [2.24, 2.45) is 11.7 Å². The molecular weight excluding hydrogens is 254 g/mol. The first-order chi connectivity index (χ1) is 9.63. The quantitative estimate of drug-likeness (QED) is 0.662. The van der Waals surface area contributed by atoms with Gasteiger partial charge in [0.2, 0.25) is 5.91 Å². The molecule has 3 N–H and O–H groups in total. The monoisotopic (exact) mass is 285 g/mol. The average molecular weight is 285 g/mol. The summed E-state index contributed by atoms with van der Waals surface area (Å²) in [6.45, 7) is 3.06. The van der Waals surface area contributed by atoms with Crippen molar-refractivity contribution in [2.75, 3.05) is 40.4 Å². The minimum Gasteiger partial charge on any atom is -0.383 e. The number of methoxy groups -OCH3 is 1. The van der Waals surface area contributed by atoms with Crippen LogP contribution in [0.3, 0.4) is 0 Å². The summed E-state index contributed by atoms with van der Waals surface area (Å²) in [5.41, 5.74) is 6.00. The van der Waals surface area contributed by atoms with E-state index in [2.05, 4.69) is 10.2 Å². The molecule has 0 heterocycles. The Hall–Kier alpha value is -0.650. The van der Waals surface area contributed by atoms with Crippen LogP contribution < -0.4 is 11.1 Å². The first-order valence-electron chi connectivity index (χ1n) is 7.84. The van der Waals surface area contributed by atoms with Gasteiger partial charge >= 0.3 is 0 Å². The van der Waals surface area contributed by atoms with E-state index in [4.69, 9.17) is 10.5 Å².